The normalized spacial score (nSPS) is 17.5. The SMILES string of the molecule is CCCCC1CCOc2c(c3cc(N)ccc3n(C)c2=O)N1. The van der Waals surface area contributed by atoms with Crippen LogP contribution in [0.4, 0.5) is 11.4 Å². The smallest absolute Gasteiger partial charge is 0.295 e. The van der Waals surface area contributed by atoms with Gasteiger partial charge < -0.3 is 20.4 Å². The molecule has 1 aromatic carbocycles. The summed E-state index contributed by atoms with van der Waals surface area (Å²) in [5, 5.41) is 4.48. The van der Waals surface area contributed by atoms with Crippen molar-refractivity contribution < 1.29 is 4.74 Å². The molecule has 0 amide bonds. The Labute approximate surface area is 130 Å². The van der Waals surface area contributed by atoms with Gasteiger partial charge in [0.15, 0.2) is 0 Å². The van der Waals surface area contributed by atoms with E-state index in [0.29, 0.717) is 24.1 Å². The number of aromatic nitrogens is 1. The van der Waals surface area contributed by atoms with Crippen LogP contribution >= 0.6 is 0 Å². The zero-order valence-electron chi connectivity index (χ0n) is 13.2. The highest BCUT2D eigenvalue weighted by molar-refractivity contribution is 5.96. The summed E-state index contributed by atoms with van der Waals surface area (Å²) in [7, 11) is 1.77. The summed E-state index contributed by atoms with van der Waals surface area (Å²) in [5.41, 5.74) is 8.19. The fourth-order valence-electron chi connectivity index (χ4n) is 3.06. The molecule has 3 rings (SSSR count). The number of nitrogens with two attached hydrogens (primary N) is 1. The Morgan fingerprint density at radius 3 is 3.05 bits per heavy atom. The van der Waals surface area contributed by atoms with Gasteiger partial charge in [0.2, 0.25) is 5.75 Å². The minimum atomic E-state index is -0.101. The molecule has 1 aromatic heterocycles. The van der Waals surface area contributed by atoms with Gasteiger partial charge in [-0.2, -0.15) is 0 Å². The molecule has 2 aromatic rings. The number of nitrogens with one attached hydrogen (secondary N) is 1. The maximum Gasteiger partial charge on any atom is 0.295 e. The summed E-state index contributed by atoms with van der Waals surface area (Å²) in [4.78, 5) is 12.6. The van der Waals surface area contributed by atoms with Crippen LogP contribution in [0.15, 0.2) is 23.0 Å². The number of nitrogens with zero attached hydrogens (tertiary/aromatic N) is 1. The number of anilines is 2. The van der Waals surface area contributed by atoms with Crippen LogP contribution in [0.3, 0.4) is 0 Å². The summed E-state index contributed by atoms with van der Waals surface area (Å²) in [6.45, 7) is 2.75. The Kier molecular flexibility index (Phi) is 3.96. The van der Waals surface area contributed by atoms with Crippen LogP contribution in [0.1, 0.15) is 32.6 Å². The number of unbranched alkanes of at least 4 members (excludes halogenated alkanes) is 1. The largest absolute Gasteiger partial charge is 0.486 e. The van der Waals surface area contributed by atoms with Gasteiger partial charge in [-0.15, -0.1) is 0 Å². The van der Waals surface area contributed by atoms with E-state index in [2.05, 4.69) is 12.2 Å². The van der Waals surface area contributed by atoms with Gasteiger partial charge in [-0.1, -0.05) is 19.8 Å². The van der Waals surface area contributed by atoms with Crippen LogP contribution in [0.2, 0.25) is 0 Å². The first kappa shape index (κ1) is 14.8. The molecule has 0 bridgehead atoms. The number of aryl methyl sites for hydroxylation is 1. The van der Waals surface area contributed by atoms with Gasteiger partial charge in [0.25, 0.3) is 5.56 Å². The predicted octanol–water partition coefficient (Wildman–Crippen LogP) is 2.87. The lowest BCUT2D eigenvalue weighted by Gasteiger charge is -2.19. The third-order valence-corrected chi connectivity index (χ3v) is 4.34. The van der Waals surface area contributed by atoms with Crippen molar-refractivity contribution in [3.05, 3.63) is 28.6 Å². The van der Waals surface area contributed by atoms with Gasteiger partial charge in [-0.05, 0) is 24.6 Å². The maximum atomic E-state index is 12.6. The van der Waals surface area contributed by atoms with Gasteiger partial charge in [-0.3, -0.25) is 4.79 Å². The highest BCUT2D eigenvalue weighted by atomic mass is 16.5. The van der Waals surface area contributed by atoms with E-state index in [1.165, 1.54) is 0 Å². The number of hydrogen-bond acceptors (Lipinski definition) is 4. The number of ether oxygens (including phenoxy) is 1. The molecule has 0 aliphatic carbocycles. The second-order valence-electron chi connectivity index (χ2n) is 5.97. The summed E-state index contributed by atoms with van der Waals surface area (Å²) in [6, 6.07) is 5.95. The van der Waals surface area contributed by atoms with Crippen molar-refractivity contribution in [1.29, 1.82) is 0 Å². The molecular formula is C17H23N3O2. The van der Waals surface area contributed by atoms with Crippen LogP contribution < -0.4 is 21.3 Å². The number of rotatable bonds is 3. The van der Waals surface area contributed by atoms with Gasteiger partial charge in [0.1, 0.15) is 0 Å². The Balaban J connectivity index is 2.16. The van der Waals surface area contributed by atoms with Crippen molar-refractivity contribution in [3.8, 4) is 5.75 Å². The second kappa shape index (κ2) is 5.91. The number of pyridine rings is 1. The van der Waals surface area contributed by atoms with Crippen LogP contribution in [0.25, 0.3) is 10.9 Å². The molecular weight excluding hydrogens is 278 g/mol. The summed E-state index contributed by atoms with van der Waals surface area (Å²) < 4.78 is 7.41. The molecule has 118 valence electrons. The maximum absolute atomic E-state index is 12.6. The average molecular weight is 301 g/mol. The highest BCUT2D eigenvalue weighted by Crippen LogP contribution is 2.34. The Bertz CT molecular complexity index is 752. The standard InChI is InChI=1S/C17H23N3O2/c1-3-4-5-12-8-9-22-16-15(19-12)13-10-11(18)6-7-14(13)20(2)17(16)21/h6-7,10,12,19H,3-5,8-9,18H2,1-2H3. The number of benzene rings is 1. The Morgan fingerprint density at radius 2 is 2.27 bits per heavy atom. The molecule has 1 aliphatic rings. The lowest BCUT2D eigenvalue weighted by Crippen LogP contribution is -2.22. The van der Waals surface area contributed by atoms with E-state index in [0.717, 1.165) is 42.3 Å². The topological polar surface area (TPSA) is 69.3 Å². The van der Waals surface area contributed by atoms with Crippen molar-refractivity contribution in [2.45, 2.75) is 38.6 Å². The molecule has 3 N–H and O–H groups in total. The van der Waals surface area contributed by atoms with E-state index < -0.39 is 0 Å². The first-order chi connectivity index (χ1) is 10.6. The third kappa shape index (κ3) is 2.51. The van der Waals surface area contributed by atoms with E-state index >= 15 is 0 Å². The molecule has 22 heavy (non-hydrogen) atoms. The molecule has 0 saturated carbocycles. The first-order valence-electron chi connectivity index (χ1n) is 7.93. The van der Waals surface area contributed by atoms with Crippen molar-refractivity contribution >= 4 is 22.3 Å². The Morgan fingerprint density at radius 1 is 1.45 bits per heavy atom. The quantitative estimate of drug-likeness (QED) is 0.855. The van der Waals surface area contributed by atoms with Gasteiger partial charge in [0.05, 0.1) is 17.8 Å². The summed E-state index contributed by atoms with van der Waals surface area (Å²) in [6.07, 6.45) is 4.31. The van der Waals surface area contributed by atoms with Gasteiger partial charge >= 0.3 is 0 Å². The zero-order valence-corrected chi connectivity index (χ0v) is 13.2. The monoisotopic (exact) mass is 301 g/mol. The van der Waals surface area contributed by atoms with Gasteiger partial charge in [-0.25, -0.2) is 0 Å². The molecule has 2 heterocycles. The molecule has 0 spiro atoms. The molecule has 5 heteroatoms. The van der Waals surface area contributed by atoms with Crippen molar-refractivity contribution in [2.75, 3.05) is 17.7 Å². The zero-order chi connectivity index (χ0) is 15.7. The molecule has 0 saturated heterocycles. The average Bonchev–Trinajstić information content (AvgIpc) is 2.73. The van der Waals surface area contributed by atoms with Crippen molar-refractivity contribution in [3.63, 3.8) is 0 Å². The number of hydrogen-bond donors (Lipinski definition) is 2. The molecule has 0 radical (unpaired) electrons. The fourth-order valence-corrected chi connectivity index (χ4v) is 3.06. The molecule has 1 atom stereocenters. The Hall–Kier alpha value is -2.17. The fraction of sp³-hybridized carbons (Fsp3) is 0.471. The van der Waals surface area contributed by atoms with Crippen LogP contribution in [0, 0.1) is 0 Å². The third-order valence-electron chi connectivity index (χ3n) is 4.34. The molecule has 5 nitrogen and oxygen atoms in total. The van der Waals surface area contributed by atoms with Crippen molar-refractivity contribution in [1.82, 2.24) is 4.57 Å². The molecule has 1 aliphatic heterocycles. The van der Waals surface area contributed by atoms with E-state index in [1.807, 2.05) is 18.2 Å². The number of fused-ring (bicyclic) bond motifs is 3. The van der Waals surface area contributed by atoms with Crippen molar-refractivity contribution in [2.24, 2.45) is 7.05 Å². The van der Waals surface area contributed by atoms with Gasteiger partial charge in [0, 0.05) is 30.6 Å². The van der Waals surface area contributed by atoms with E-state index in [4.69, 9.17) is 10.5 Å². The minimum absolute atomic E-state index is 0.101. The molecule has 0 fully saturated rings. The first-order valence-corrected chi connectivity index (χ1v) is 7.93. The lowest BCUT2D eigenvalue weighted by atomic mass is 10.1. The lowest BCUT2D eigenvalue weighted by molar-refractivity contribution is 0.304. The van der Waals surface area contributed by atoms with Crippen LogP contribution in [0.5, 0.6) is 5.75 Å². The predicted molar refractivity (Wildman–Crippen MR) is 90.6 cm³/mol. The van der Waals surface area contributed by atoms with Crippen LogP contribution in [-0.2, 0) is 7.05 Å². The van der Waals surface area contributed by atoms with Crippen LogP contribution in [-0.4, -0.2) is 17.2 Å². The number of nitrogen functional groups attached to an aromatic ring is 1. The highest BCUT2D eigenvalue weighted by Gasteiger charge is 2.22. The van der Waals surface area contributed by atoms with E-state index in [-0.39, 0.29) is 5.56 Å². The minimum Gasteiger partial charge on any atom is -0.486 e. The second-order valence-corrected chi connectivity index (χ2v) is 5.97. The summed E-state index contributed by atoms with van der Waals surface area (Å²) in [5.74, 6) is 0.416. The summed E-state index contributed by atoms with van der Waals surface area (Å²) >= 11 is 0. The molecule has 1 unspecified atom stereocenters. The van der Waals surface area contributed by atoms with E-state index in [1.54, 1.807) is 11.6 Å². The van der Waals surface area contributed by atoms with E-state index in [9.17, 15) is 4.79 Å².